The number of nitrogens with one attached hydrogen (secondary N) is 1. The first-order valence-corrected chi connectivity index (χ1v) is 10.9. The van der Waals surface area contributed by atoms with E-state index in [2.05, 4.69) is 12.2 Å². The summed E-state index contributed by atoms with van der Waals surface area (Å²) in [5, 5.41) is 3.40. The Balaban J connectivity index is 1.35. The van der Waals surface area contributed by atoms with Gasteiger partial charge in [0.25, 0.3) is 0 Å². The molecule has 0 radical (unpaired) electrons. The van der Waals surface area contributed by atoms with E-state index < -0.39 is 0 Å². The van der Waals surface area contributed by atoms with E-state index in [4.69, 9.17) is 0 Å². The average Bonchev–Trinajstić information content (AvgIpc) is 3.20. The Kier molecular flexibility index (Phi) is 7.35. The van der Waals surface area contributed by atoms with Crippen molar-refractivity contribution in [1.29, 1.82) is 0 Å². The van der Waals surface area contributed by atoms with Crippen LogP contribution in [0.3, 0.4) is 0 Å². The third kappa shape index (κ3) is 5.45. The second kappa shape index (κ2) is 9.72. The van der Waals surface area contributed by atoms with Crippen molar-refractivity contribution in [2.45, 2.75) is 64.7 Å². The summed E-state index contributed by atoms with van der Waals surface area (Å²) in [5.41, 5.74) is 0. The van der Waals surface area contributed by atoms with Crippen LogP contribution in [0.1, 0.15) is 64.7 Å². The quantitative estimate of drug-likeness (QED) is 0.789. The molecule has 1 atom stereocenters. The predicted octanol–water partition coefficient (Wildman–Crippen LogP) is 2.65. The standard InChI is InChI=1S/C21H37N3O2/c1-17(19-8-10-22-11-9-19)16-21(26)24-14-12-23(13-15-24)20(25)7-6-18-4-2-3-5-18/h17-19,22H,2-16H2,1H3. The molecule has 1 saturated carbocycles. The zero-order valence-corrected chi connectivity index (χ0v) is 16.5. The molecule has 1 aliphatic carbocycles. The highest BCUT2D eigenvalue weighted by Crippen LogP contribution is 2.29. The first-order valence-electron chi connectivity index (χ1n) is 10.9. The molecule has 5 heteroatoms. The summed E-state index contributed by atoms with van der Waals surface area (Å²) in [6.07, 6.45) is 10.1. The zero-order valence-electron chi connectivity index (χ0n) is 16.5. The van der Waals surface area contributed by atoms with Crippen molar-refractivity contribution in [3.05, 3.63) is 0 Å². The van der Waals surface area contributed by atoms with E-state index in [0.29, 0.717) is 43.7 Å². The Morgan fingerprint density at radius 2 is 1.50 bits per heavy atom. The molecule has 2 heterocycles. The van der Waals surface area contributed by atoms with Crippen LogP contribution in [0, 0.1) is 17.8 Å². The van der Waals surface area contributed by atoms with E-state index in [-0.39, 0.29) is 5.91 Å². The van der Waals surface area contributed by atoms with Gasteiger partial charge in [-0.2, -0.15) is 0 Å². The first-order chi connectivity index (χ1) is 12.6. The van der Waals surface area contributed by atoms with E-state index >= 15 is 0 Å². The summed E-state index contributed by atoms with van der Waals surface area (Å²) in [6, 6.07) is 0. The van der Waals surface area contributed by atoms with Crippen molar-refractivity contribution in [2.75, 3.05) is 39.3 Å². The van der Waals surface area contributed by atoms with Crippen molar-refractivity contribution in [3.8, 4) is 0 Å². The first kappa shape index (κ1) is 19.7. The Labute approximate surface area is 158 Å². The van der Waals surface area contributed by atoms with Gasteiger partial charge in [0.1, 0.15) is 0 Å². The fourth-order valence-electron chi connectivity index (χ4n) is 4.97. The Morgan fingerprint density at radius 1 is 0.923 bits per heavy atom. The van der Waals surface area contributed by atoms with E-state index in [9.17, 15) is 9.59 Å². The number of carbonyl (C=O) groups excluding carboxylic acids is 2. The molecular formula is C21H37N3O2. The third-order valence-electron chi connectivity index (χ3n) is 6.91. The molecule has 1 unspecified atom stereocenters. The minimum atomic E-state index is 0.286. The number of rotatable bonds is 6. The predicted molar refractivity (Wildman–Crippen MR) is 104 cm³/mol. The maximum Gasteiger partial charge on any atom is 0.222 e. The molecule has 2 aliphatic heterocycles. The molecule has 0 aromatic heterocycles. The molecule has 2 saturated heterocycles. The fraction of sp³-hybridized carbons (Fsp3) is 0.905. The van der Waals surface area contributed by atoms with Gasteiger partial charge in [0.05, 0.1) is 0 Å². The number of carbonyl (C=O) groups is 2. The van der Waals surface area contributed by atoms with E-state index in [0.717, 1.165) is 38.5 Å². The highest BCUT2D eigenvalue weighted by molar-refractivity contribution is 5.78. The van der Waals surface area contributed by atoms with Gasteiger partial charge in [-0.25, -0.2) is 0 Å². The third-order valence-corrected chi connectivity index (χ3v) is 6.91. The van der Waals surface area contributed by atoms with Crippen LogP contribution in [0.25, 0.3) is 0 Å². The molecule has 2 amide bonds. The van der Waals surface area contributed by atoms with Gasteiger partial charge in [0.2, 0.25) is 11.8 Å². The van der Waals surface area contributed by atoms with Crippen LogP contribution in [0.15, 0.2) is 0 Å². The lowest BCUT2D eigenvalue weighted by Crippen LogP contribution is -2.51. The SMILES string of the molecule is CC(CC(=O)N1CCN(C(=O)CCC2CCCC2)CC1)C1CCNCC1. The van der Waals surface area contributed by atoms with E-state index in [1.807, 2.05) is 9.80 Å². The second-order valence-electron chi connectivity index (χ2n) is 8.72. The largest absolute Gasteiger partial charge is 0.339 e. The highest BCUT2D eigenvalue weighted by atomic mass is 16.2. The number of hydrogen-bond donors (Lipinski definition) is 1. The van der Waals surface area contributed by atoms with Crippen molar-refractivity contribution in [1.82, 2.24) is 15.1 Å². The monoisotopic (exact) mass is 363 g/mol. The molecule has 3 rings (SSSR count). The van der Waals surface area contributed by atoms with Crippen LogP contribution in [0.5, 0.6) is 0 Å². The molecule has 1 N–H and O–H groups in total. The Morgan fingerprint density at radius 3 is 2.12 bits per heavy atom. The van der Waals surface area contributed by atoms with Crippen molar-refractivity contribution in [2.24, 2.45) is 17.8 Å². The van der Waals surface area contributed by atoms with Crippen molar-refractivity contribution >= 4 is 11.8 Å². The molecule has 0 bridgehead atoms. The van der Waals surface area contributed by atoms with Crippen LogP contribution in [0.2, 0.25) is 0 Å². The summed E-state index contributed by atoms with van der Waals surface area (Å²) in [6.45, 7) is 7.28. The summed E-state index contributed by atoms with van der Waals surface area (Å²) in [4.78, 5) is 29.0. The summed E-state index contributed by atoms with van der Waals surface area (Å²) in [7, 11) is 0. The number of nitrogens with zero attached hydrogens (tertiary/aromatic N) is 2. The Hall–Kier alpha value is -1.10. The molecule has 0 spiro atoms. The average molecular weight is 364 g/mol. The topological polar surface area (TPSA) is 52.7 Å². The van der Waals surface area contributed by atoms with Gasteiger partial charge in [-0.3, -0.25) is 9.59 Å². The smallest absolute Gasteiger partial charge is 0.222 e. The van der Waals surface area contributed by atoms with Crippen LogP contribution in [0.4, 0.5) is 0 Å². The molecule has 5 nitrogen and oxygen atoms in total. The molecule has 0 aromatic rings. The van der Waals surface area contributed by atoms with Crippen molar-refractivity contribution < 1.29 is 9.59 Å². The number of amides is 2. The lowest BCUT2D eigenvalue weighted by atomic mass is 9.84. The van der Waals surface area contributed by atoms with Gasteiger partial charge in [0, 0.05) is 39.0 Å². The molecule has 26 heavy (non-hydrogen) atoms. The molecule has 3 aliphatic rings. The highest BCUT2D eigenvalue weighted by Gasteiger charge is 2.28. The maximum absolute atomic E-state index is 12.6. The second-order valence-corrected chi connectivity index (χ2v) is 8.72. The summed E-state index contributed by atoms with van der Waals surface area (Å²) in [5.74, 6) is 2.51. The van der Waals surface area contributed by atoms with Gasteiger partial charge < -0.3 is 15.1 Å². The zero-order chi connectivity index (χ0) is 18.4. The van der Waals surface area contributed by atoms with E-state index in [1.54, 1.807) is 0 Å². The van der Waals surface area contributed by atoms with Crippen LogP contribution in [-0.2, 0) is 9.59 Å². The molecule has 0 aromatic carbocycles. The Bertz CT molecular complexity index is 462. The summed E-state index contributed by atoms with van der Waals surface area (Å²) >= 11 is 0. The number of piperazine rings is 1. The van der Waals surface area contributed by atoms with Crippen molar-refractivity contribution in [3.63, 3.8) is 0 Å². The van der Waals surface area contributed by atoms with Gasteiger partial charge >= 0.3 is 0 Å². The van der Waals surface area contributed by atoms with Gasteiger partial charge in [0.15, 0.2) is 0 Å². The molecular weight excluding hydrogens is 326 g/mol. The number of piperidine rings is 1. The van der Waals surface area contributed by atoms with Gasteiger partial charge in [-0.15, -0.1) is 0 Å². The minimum Gasteiger partial charge on any atom is -0.339 e. The van der Waals surface area contributed by atoms with Crippen LogP contribution >= 0.6 is 0 Å². The minimum absolute atomic E-state index is 0.286. The summed E-state index contributed by atoms with van der Waals surface area (Å²) < 4.78 is 0. The van der Waals surface area contributed by atoms with Gasteiger partial charge in [-0.1, -0.05) is 32.6 Å². The maximum atomic E-state index is 12.6. The fourth-order valence-corrected chi connectivity index (χ4v) is 4.97. The lowest BCUT2D eigenvalue weighted by Gasteiger charge is -2.36. The lowest BCUT2D eigenvalue weighted by molar-refractivity contribution is -0.140. The van der Waals surface area contributed by atoms with Crippen LogP contribution < -0.4 is 5.32 Å². The van der Waals surface area contributed by atoms with Crippen LogP contribution in [-0.4, -0.2) is 60.9 Å². The van der Waals surface area contributed by atoms with E-state index in [1.165, 1.54) is 38.5 Å². The molecule has 148 valence electrons. The van der Waals surface area contributed by atoms with Gasteiger partial charge in [-0.05, 0) is 50.1 Å². The molecule has 3 fully saturated rings. The number of hydrogen-bond acceptors (Lipinski definition) is 3. The normalized spacial score (nSPS) is 24.0.